The Balaban J connectivity index is 1.61. The summed E-state index contributed by atoms with van der Waals surface area (Å²) in [6, 6.07) is 4.65. The zero-order valence-corrected chi connectivity index (χ0v) is 11.4. The Morgan fingerprint density at radius 1 is 1.29 bits per heavy atom. The molecular formula is C14H16N4O3. The van der Waals surface area contributed by atoms with Gasteiger partial charge >= 0.3 is 0 Å². The maximum absolute atomic E-state index is 11.8. The number of rotatable bonds is 4. The third-order valence-corrected chi connectivity index (χ3v) is 3.42. The molecule has 1 saturated carbocycles. The van der Waals surface area contributed by atoms with Gasteiger partial charge in [-0.2, -0.15) is 0 Å². The van der Waals surface area contributed by atoms with E-state index in [9.17, 15) is 9.59 Å². The maximum atomic E-state index is 11.8. The van der Waals surface area contributed by atoms with E-state index in [0.717, 1.165) is 12.8 Å². The van der Waals surface area contributed by atoms with E-state index in [1.54, 1.807) is 12.1 Å². The molecule has 110 valence electrons. The monoisotopic (exact) mass is 288 g/mol. The SMILES string of the molecule is O=C(Nc1ccc(OC2CCCC2)nc1)c1cc(=O)[nH][nH]1. The second-order valence-electron chi connectivity index (χ2n) is 5.04. The van der Waals surface area contributed by atoms with Gasteiger partial charge in [0.15, 0.2) is 0 Å². The van der Waals surface area contributed by atoms with Crippen LogP contribution in [0.3, 0.4) is 0 Å². The predicted octanol–water partition coefficient (Wildman–Crippen LogP) is 1.67. The van der Waals surface area contributed by atoms with Crippen LogP contribution in [0.25, 0.3) is 0 Å². The van der Waals surface area contributed by atoms with Gasteiger partial charge in [0.2, 0.25) is 5.88 Å². The Bertz CT molecular complexity index is 668. The second-order valence-corrected chi connectivity index (χ2v) is 5.04. The molecule has 0 atom stereocenters. The van der Waals surface area contributed by atoms with Crippen LogP contribution in [0.15, 0.2) is 29.2 Å². The molecule has 2 aromatic heterocycles. The minimum atomic E-state index is -0.403. The van der Waals surface area contributed by atoms with Crippen molar-refractivity contribution in [3.05, 3.63) is 40.4 Å². The van der Waals surface area contributed by atoms with Gasteiger partial charge in [-0.05, 0) is 31.7 Å². The minimum Gasteiger partial charge on any atom is -0.474 e. The molecule has 0 aromatic carbocycles. The minimum absolute atomic E-state index is 0.172. The van der Waals surface area contributed by atoms with Crippen molar-refractivity contribution < 1.29 is 9.53 Å². The van der Waals surface area contributed by atoms with Gasteiger partial charge in [0.1, 0.15) is 11.8 Å². The lowest BCUT2D eigenvalue weighted by Gasteiger charge is -2.12. The number of amides is 1. The molecule has 3 rings (SSSR count). The summed E-state index contributed by atoms with van der Waals surface area (Å²) in [7, 11) is 0. The zero-order chi connectivity index (χ0) is 14.7. The van der Waals surface area contributed by atoms with Gasteiger partial charge in [-0.1, -0.05) is 0 Å². The first kappa shape index (κ1) is 13.4. The van der Waals surface area contributed by atoms with Gasteiger partial charge in [0.05, 0.1) is 11.9 Å². The number of hydrogen-bond donors (Lipinski definition) is 3. The van der Waals surface area contributed by atoms with E-state index in [2.05, 4.69) is 20.5 Å². The van der Waals surface area contributed by atoms with E-state index < -0.39 is 5.91 Å². The van der Waals surface area contributed by atoms with Gasteiger partial charge in [-0.15, -0.1) is 0 Å². The quantitative estimate of drug-likeness (QED) is 0.796. The second kappa shape index (κ2) is 5.82. The molecule has 0 unspecified atom stereocenters. The summed E-state index contributed by atoms with van der Waals surface area (Å²) >= 11 is 0. The highest BCUT2D eigenvalue weighted by Crippen LogP contribution is 2.23. The number of hydrogen-bond acceptors (Lipinski definition) is 4. The normalized spacial score (nSPS) is 15.0. The number of nitrogens with one attached hydrogen (secondary N) is 3. The third kappa shape index (κ3) is 3.31. The summed E-state index contributed by atoms with van der Waals surface area (Å²) in [6.07, 6.45) is 6.33. The van der Waals surface area contributed by atoms with Gasteiger partial charge < -0.3 is 10.1 Å². The molecule has 7 nitrogen and oxygen atoms in total. The molecule has 1 aliphatic carbocycles. The van der Waals surface area contributed by atoms with E-state index in [0.29, 0.717) is 11.6 Å². The van der Waals surface area contributed by atoms with Crippen molar-refractivity contribution in [3.63, 3.8) is 0 Å². The molecule has 0 aliphatic heterocycles. The number of aromatic amines is 2. The van der Waals surface area contributed by atoms with E-state index in [1.165, 1.54) is 25.1 Å². The van der Waals surface area contributed by atoms with Crippen LogP contribution in [0.4, 0.5) is 5.69 Å². The smallest absolute Gasteiger partial charge is 0.273 e. The van der Waals surface area contributed by atoms with Crippen LogP contribution in [0.1, 0.15) is 36.2 Å². The predicted molar refractivity (Wildman–Crippen MR) is 76.5 cm³/mol. The first-order valence-corrected chi connectivity index (χ1v) is 6.92. The van der Waals surface area contributed by atoms with E-state index in [-0.39, 0.29) is 17.4 Å². The van der Waals surface area contributed by atoms with Crippen molar-refractivity contribution in [2.75, 3.05) is 5.32 Å². The summed E-state index contributed by atoms with van der Waals surface area (Å²) in [5, 5.41) is 7.44. The van der Waals surface area contributed by atoms with Crippen molar-refractivity contribution >= 4 is 11.6 Å². The van der Waals surface area contributed by atoms with Crippen molar-refractivity contribution in [1.82, 2.24) is 15.2 Å². The molecule has 1 aliphatic rings. The van der Waals surface area contributed by atoms with E-state index in [4.69, 9.17) is 4.74 Å². The number of pyridine rings is 1. The van der Waals surface area contributed by atoms with Crippen LogP contribution in [-0.2, 0) is 0 Å². The Morgan fingerprint density at radius 3 is 2.71 bits per heavy atom. The lowest BCUT2D eigenvalue weighted by Crippen LogP contribution is -2.14. The summed E-state index contributed by atoms with van der Waals surface area (Å²) in [5.74, 6) is 0.162. The summed E-state index contributed by atoms with van der Waals surface area (Å²) in [4.78, 5) is 27.0. The molecule has 2 heterocycles. The van der Waals surface area contributed by atoms with Gasteiger partial charge in [-0.25, -0.2) is 4.98 Å². The average molecular weight is 288 g/mol. The van der Waals surface area contributed by atoms with Crippen molar-refractivity contribution in [2.45, 2.75) is 31.8 Å². The Hall–Kier alpha value is -2.57. The molecule has 0 bridgehead atoms. The van der Waals surface area contributed by atoms with Crippen LogP contribution < -0.4 is 15.6 Å². The van der Waals surface area contributed by atoms with Gasteiger partial charge in [0, 0.05) is 12.1 Å². The first-order valence-electron chi connectivity index (χ1n) is 6.92. The van der Waals surface area contributed by atoms with Crippen LogP contribution in [-0.4, -0.2) is 27.2 Å². The molecule has 7 heteroatoms. The molecule has 0 radical (unpaired) electrons. The van der Waals surface area contributed by atoms with Crippen molar-refractivity contribution in [3.8, 4) is 5.88 Å². The fourth-order valence-corrected chi connectivity index (χ4v) is 2.35. The molecule has 2 aromatic rings. The van der Waals surface area contributed by atoms with E-state index >= 15 is 0 Å². The topological polar surface area (TPSA) is 99.9 Å². The molecule has 1 amide bonds. The van der Waals surface area contributed by atoms with Gasteiger partial charge in [-0.3, -0.25) is 19.8 Å². The lowest BCUT2D eigenvalue weighted by atomic mass is 10.3. The Kier molecular flexibility index (Phi) is 3.72. The fraction of sp³-hybridized carbons (Fsp3) is 0.357. The highest BCUT2D eigenvalue weighted by Gasteiger charge is 2.17. The number of aromatic nitrogens is 3. The third-order valence-electron chi connectivity index (χ3n) is 3.42. The highest BCUT2D eigenvalue weighted by molar-refractivity contribution is 6.02. The number of nitrogens with zero attached hydrogens (tertiary/aromatic N) is 1. The van der Waals surface area contributed by atoms with Crippen molar-refractivity contribution in [1.29, 1.82) is 0 Å². The maximum Gasteiger partial charge on any atom is 0.273 e. The zero-order valence-electron chi connectivity index (χ0n) is 11.4. The molecule has 3 N–H and O–H groups in total. The lowest BCUT2D eigenvalue weighted by molar-refractivity contribution is 0.102. The number of H-pyrrole nitrogens is 2. The van der Waals surface area contributed by atoms with Crippen LogP contribution in [0, 0.1) is 0 Å². The van der Waals surface area contributed by atoms with Crippen LogP contribution in [0.5, 0.6) is 5.88 Å². The van der Waals surface area contributed by atoms with E-state index in [1.807, 2.05) is 0 Å². The highest BCUT2D eigenvalue weighted by atomic mass is 16.5. The number of carbonyl (C=O) groups excluding carboxylic acids is 1. The molecule has 1 fully saturated rings. The largest absolute Gasteiger partial charge is 0.474 e. The van der Waals surface area contributed by atoms with Crippen LogP contribution >= 0.6 is 0 Å². The molecule has 0 spiro atoms. The first-order chi connectivity index (χ1) is 10.2. The number of ether oxygens (including phenoxy) is 1. The standard InChI is InChI=1S/C14H16N4O3/c19-12-7-11(17-18-12)14(20)16-9-5-6-13(15-8-9)21-10-3-1-2-4-10/h5-8,10H,1-4H2,(H,16,20)(H2,17,18,19). The number of anilines is 1. The summed E-state index contributed by atoms with van der Waals surface area (Å²) in [5.41, 5.74) is 0.366. The summed E-state index contributed by atoms with van der Waals surface area (Å²) < 4.78 is 5.75. The molecule has 0 saturated heterocycles. The fourth-order valence-electron chi connectivity index (χ4n) is 2.35. The summed E-state index contributed by atoms with van der Waals surface area (Å²) in [6.45, 7) is 0. The molecular weight excluding hydrogens is 272 g/mol. The number of carbonyl (C=O) groups is 1. The van der Waals surface area contributed by atoms with Gasteiger partial charge in [0.25, 0.3) is 11.5 Å². The molecule has 21 heavy (non-hydrogen) atoms. The van der Waals surface area contributed by atoms with Crippen molar-refractivity contribution in [2.24, 2.45) is 0 Å². The average Bonchev–Trinajstić information content (AvgIpc) is 3.12. The Labute approximate surface area is 120 Å². The Morgan fingerprint density at radius 2 is 2.10 bits per heavy atom. The van der Waals surface area contributed by atoms with Crippen LogP contribution in [0.2, 0.25) is 0 Å².